The molecule has 1 N–H and O–H groups in total. The summed E-state index contributed by atoms with van der Waals surface area (Å²) in [7, 11) is 0. The summed E-state index contributed by atoms with van der Waals surface area (Å²) in [5.74, 6) is 0.804. The molecule has 1 saturated heterocycles. The van der Waals surface area contributed by atoms with Gasteiger partial charge in [0.1, 0.15) is 11.3 Å². The molecule has 0 unspecified atom stereocenters. The molecular formula is C25H27N5O3. The van der Waals surface area contributed by atoms with Gasteiger partial charge in [0.25, 0.3) is 11.8 Å². The molecule has 0 radical (unpaired) electrons. The number of rotatable bonds is 4. The maximum atomic E-state index is 13.0. The maximum Gasteiger partial charge on any atom is 0.260 e. The molecule has 2 aliphatic heterocycles. The molecule has 33 heavy (non-hydrogen) atoms. The summed E-state index contributed by atoms with van der Waals surface area (Å²) in [6.45, 7) is 8.09. The molecule has 170 valence electrons. The van der Waals surface area contributed by atoms with Crippen LogP contribution in [0.2, 0.25) is 0 Å². The second-order valence-electron chi connectivity index (χ2n) is 9.71. The van der Waals surface area contributed by atoms with Crippen LogP contribution in [0.3, 0.4) is 0 Å². The molecule has 0 bridgehead atoms. The van der Waals surface area contributed by atoms with Crippen molar-refractivity contribution in [1.29, 1.82) is 0 Å². The molecule has 0 spiro atoms. The lowest BCUT2D eigenvalue weighted by atomic mass is 9.86. The molecule has 2 aliphatic rings. The van der Waals surface area contributed by atoms with Crippen LogP contribution in [0.15, 0.2) is 54.2 Å². The highest BCUT2D eigenvalue weighted by Gasteiger charge is 2.37. The molecule has 3 aromatic rings. The molecule has 1 atom stereocenters. The Hall–Kier alpha value is -3.68. The predicted molar refractivity (Wildman–Crippen MR) is 124 cm³/mol. The first-order chi connectivity index (χ1) is 15.8. The number of aromatic amines is 1. The monoisotopic (exact) mass is 445 g/mol. The second kappa shape index (κ2) is 8.03. The number of nitrogens with zero attached hydrogens (tertiary/aromatic N) is 4. The van der Waals surface area contributed by atoms with E-state index in [1.807, 2.05) is 41.4 Å². The van der Waals surface area contributed by atoms with E-state index in [2.05, 4.69) is 36.2 Å². The number of H-pyrrole nitrogens is 1. The first-order valence-electron chi connectivity index (χ1n) is 11.1. The highest BCUT2D eigenvalue weighted by Crippen LogP contribution is 2.32. The summed E-state index contributed by atoms with van der Waals surface area (Å²) < 4.78 is 5.92. The van der Waals surface area contributed by atoms with Crippen molar-refractivity contribution in [3.8, 4) is 5.75 Å². The van der Waals surface area contributed by atoms with E-state index < -0.39 is 0 Å². The molecule has 1 aromatic heterocycles. The SMILES string of the molecule is CC(C)(C)c1ccccc1OCC(=O)N1CC2=CN(C(=O)c3ccc4[nH]nnc4c3)C[C@@H]2C1. The van der Waals surface area contributed by atoms with E-state index in [0.717, 1.165) is 22.4 Å². The average molecular weight is 446 g/mol. The molecule has 0 saturated carbocycles. The minimum absolute atomic E-state index is 0.00739. The normalized spacial score (nSPS) is 17.9. The largest absolute Gasteiger partial charge is 0.483 e. The first kappa shape index (κ1) is 21.2. The lowest BCUT2D eigenvalue weighted by Gasteiger charge is -2.23. The van der Waals surface area contributed by atoms with Crippen LogP contribution in [-0.2, 0) is 10.2 Å². The van der Waals surface area contributed by atoms with E-state index in [0.29, 0.717) is 30.7 Å². The second-order valence-corrected chi connectivity index (χ2v) is 9.71. The topological polar surface area (TPSA) is 91.4 Å². The van der Waals surface area contributed by atoms with E-state index in [1.165, 1.54) is 0 Å². The molecule has 2 amide bonds. The Bertz CT molecular complexity index is 1260. The van der Waals surface area contributed by atoms with Gasteiger partial charge in [0.15, 0.2) is 6.61 Å². The van der Waals surface area contributed by atoms with Crippen LogP contribution in [-0.4, -0.2) is 63.3 Å². The fourth-order valence-electron chi connectivity index (χ4n) is 4.52. The summed E-state index contributed by atoms with van der Waals surface area (Å²) in [6, 6.07) is 13.2. The van der Waals surface area contributed by atoms with Crippen molar-refractivity contribution in [3.05, 3.63) is 65.4 Å². The Morgan fingerprint density at radius 1 is 1.15 bits per heavy atom. The van der Waals surface area contributed by atoms with Gasteiger partial charge in [0.2, 0.25) is 0 Å². The van der Waals surface area contributed by atoms with E-state index in [1.54, 1.807) is 17.0 Å². The summed E-state index contributed by atoms with van der Waals surface area (Å²) in [4.78, 5) is 29.3. The minimum Gasteiger partial charge on any atom is -0.483 e. The van der Waals surface area contributed by atoms with Crippen LogP contribution in [0.25, 0.3) is 11.0 Å². The van der Waals surface area contributed by atoms with Gasteiger partial charge in [-0.05, 0) is 40.8 Å². The van der Waals surface area contributed by atoms with E-state index in [4.69, 9.17) is 4.74 Å². The first-order valence-corrected chi connectivity index (χ1v) is 11.1. The number of ether oxygens (including phenoxy) is 1. The molecule has 2 aromatic carbocycles. The van der Waals surface area contributed by atoms with Crippen molar-refractivity contribution >= 4 is 22.8 Å². The molecular weight excluding hydrogens is 418 g/mol. The average Bonchev–Trinajstić information content (AvgIpc) is 3.50. The Balaban J connectivity index is 1.21. The van der Waals surface area contributed by atoms with Crippen LogP contribution in [0, 0.1) is 5.92 Å². The molecule has 1 fully saturated rings. The third-order valence-corrected chi connectivity index (χ3v) is 6.31. The van der Waals surface area contributed by atoms with Crippen LogP contribution in [0.4, 0.5) is 0 Å². The van der Waals surface area contributed by atoms with Gasteiger partial charge < -0.3 is 14.5 Å². The minimum atomic E-state index is -0.0678. The summed E-state index contributed by atoms with van der Waals surface area (Å²) in [5, 5.41) is 10.5. The van der Waals surface area contributed by atoms with Crippen molar-refractivity contribution < 1.29 is 14.3 Å². The zero-order valence-corrected chi connectivity index (χ0v) is 19.0. The number of carbonyl (C=O) groups is 2. The number of benzene rings is 2. The number of hydrogen-bond donors (Lipinski definition) is 1. The standard InChI is InChI=1S/C25H27N5O3/c1-25(2,3)19-6-4-5-7-22(19)33-15-23(31)29-11-17-13-30(14-18(17)12-29)24(32)16-8-9-20-21(10-16)27-28-26-20/h4-10,13,18H,11-12,14-15H2,1-3H3,(H,26,27,28)/t18-/m0/s1. The van der Waals surface area contributed by atoms with Crippen LogP contribution in [0.5, 0.6) is 5.75 Å². The Morgan fingerprint density at radius 2 is 1.97 bits per heavy atom. The summed E-state index contributed by atoms with van der Waals surface area (Å²) >= 11 is 0. The van der Waals surface area contributed by atoms with Crippen LogP contribution in [0.1, 0.15) is 36.7 Å². The lowest BCUT2D eigenvalue weighted by Crippen LogP contribution is -2.35. The van der Waals surface area contributed by atoms with Crippen molar-refractivity contribution in [3.63, 3.8) is 0 Å². The van der Waals surface area contributed by atoms with E-state index in [9.17, 15) is 9.59 Å². The van der Waals surface area contributed by atoms with Crippen molar-refractivity contribution in [2.24, 2.45) is 5.92 Å². The van der Waals surface area contributed by atoms with Gasteiger partial charge in [0.05, 0.1) is 5.52 Å². The van der Waals surface area contributed by atoms with Gasteiger partial charge in [-0.3, -0.25) is 14.7 Å². The van der Waals surface area contributed by atoms with E-state index in [-0.39, 0.29) is 29.8 Å². The van der Waals surface area contributed by atoms with Crippen molar-refractivity contribution in [1.82, 2.24) is 25.2 Å². The molecule has 5 rings (SSSR count). The van der Waals surface area contributed by atoms with Gasteiger partial charge in [-0.1, -0.05) is 44.2 Å². The Kier molecular flexibility index (Phi) is 5.15. The van der Waals surface area contributed by atoms with Crippen molar-refractivity contribution in [2.75, 3.05) is 26.2 Å². The third kappa shape index (κ3) is 4.08. The fraction of sp³-hybridized carbons (Fsp3) is 0.360. The summed E-state index contributed by atoms with van der Waals surface area (Å²) in [5.41, 5.74) is 4.16. The molecule has 0 aliphatic carbocycles. The van der Waals surface area contributed by atoms with Gasteiger partial charge >= 0.3 is 0 Å². The number of nitrogens with one attached hydrogen (secondary N) is 1. The lowest BCUT2D eigenvalue weighted by molar-refractivity contribution is -0.132. The Morgan fingerprint density at radius 3 is 2.76 bits per heavy atom. The van der Waals surface area contributed by atoms with E-state index >= 15 is 0 Å². The summed E-state index contributed by atoms with van der Waals surface area (Å²) in [6.07, 6.45) is 1.89. The Labute approximate surface area is 192 Å². The highest BCUT2D eigenvalue weighted by molar-refractivity contribution is 5.98. The number of hydrogen-bond acceptors (Lipinski definition) is 5. The zero-order chi connectivity index (χ0) is 23.2. The molecule has 8 heteroatoms. The molecule has 8 nitrogen and oxygen atoms in total. The van der Waals surface area contributed by atoms with Crippen LogP contribution < -0.4 is 4.74 Å². The number of amides is 2. The van der Waals surface area contributed by atoms with Crippen LogP contribution >= 0.6 is 0 Å². The van der Waals surface area contributed by atoms with Gasteiger partial charge in [-0.2, -0.15) is 0 Å². The van der Waals surface area contributed by atoms with Gasteiger partial charge in [0, 0.05) is 37.3 Å². The van der Waals surface area contributed by atoms with Gasteiger partial charge in [-0.25, -0.2) is 0 Å². The number of fused-ring (bicyclic) bond motifs is 2. The van der Waals surface area contributed by atoms with Gasteiger partial charge in [-0.15, -0.1) is 5.10 Å². The fourth-order valence-corrected chi connectivity index (χ4v) is 4.52. The predicted octanol–water partition coefficient (Wildman–Crippen LogP) is 3.13. The smallest absolute Gasteiger partial charge is 0.260 e. The number of likely N-dealkylation sites (tertiary alicyclic amines) is 1. The number of carbonyl (C=O) groups excluding carboxylic acids is 2. The zero-order valence-electron chi connectivity index (χ0n) is 19.0. The third-order valence-electron chi connectivity index (χ3n) is 6.31. The highest BCUT2D eigenvalue weighted by atomic mass is 16.5. The quantitative estimate of drug-likeness (QED) is 0.666. The van der Waals surface area contributed by atoms with Crippen molar-refractivity contribution in [2.45, 2.75) is 26.2 Å². The molecule has 3 heterocycles. The maximum absolute atomic E-state index is 13.0. The number of aromatic nitrogens is 3. The number of para-hydroxylation sites is 1.